The summed E-state index contributed by atoms with van der Waals surface area (Å²) in [6, 6.07) is 46.0. The number of pyridine rings is 2. The molecule has 0 atom stereocenters. The van der Waals surface area contributed by atoms with E-state index in [-0.39, 0.29) is 99.4 Å². The van der Waals surface area contributed by atoms with Crippen LogP contribution in [-0.2, 0) is 26.2 Å². The van der Waals surface area contributed by atoms with Crippen LogP contribution >= 0.6 is 68.8 Å². The molecule has 102 heavy (non-hydrogen) atoms. The Morgan fingerprint density at radius 1 is 0.441 bits per heavy atom. The highest BCUT2D eigenvalue weighted by Gasteiger charge is 2.39. The summed E-state index contributed by atoms with van der Waals surface area (Å²) in [6.45, 7) is 3.29. The summed E-state index contributed by atoms with van der Waals surface area (Å²) in [5, 5.41) is 4.08. The number of methoxy groups -OCH3 is 2. The van der Waals surface area contributed by atoms with Gasteiger partial charge < -0.3 is 29.5 Å². The molecule has 14 rings (SSSR count). The van der Waals surface area contributed by atoms with Crippen molar-refractivity contribution in [1.29, 1.82) is 0 Å². The lowest BCUT2D eigenvalue weighted by molar-refractivity contribution is 0.0460. The molecule has 5 heterocycles. The molecule has 0 radical (unpaired) electrons. The van der Waals surface area contributed by atoms with Gasteiger partial charge in [0.1, 0.15) is 55.2 Å². The van der Waals surface area contributed by atoms with E-state index in [1.54, 1.807) is 54.9 Å². The molecule has 5 aromatic heterocycles. The zero-order chi connectivity index (χ0) is 71.3. The molecular formula is C80H68Cl3F5N6O5S3. The number of nitrogens with one attached hydrogen (secondary N) is 1. The van der Waals surface area contributed by atoms with Gasteiger partial charge in [0.2, 0.25) is 0 Å². The van der Waals surface area contributed by atoms with E-state index in [1.807, 2.05) is 121 Å². The highest BCUT2D eigenvalue weighted by molar-refractivity contribution is 7.22. The molecule has 0 bridgehead atoms. The Labute approximate surface area is 614 Å². The van der Waals surface area contributed by atoms with Crippen molar-refractivity contribution in [2.45, 2.75) is 109 Å². The van der Waals surface area contributed by atoms with E-state index in [4.69, 9.17) is 44.3 Å². The number of thiophene rings is 3. The molecule has 2 fully saturated rings. The molecule has 0 aliphatic heterocycles. The minimum absolute atomic E-state index is 0.00993. The van der Waals surface area contributed by atoms with E-state index >= 15 is 4.39 Å². The Hall–Kier alpha value is -8.79. The first kappa shape index (κ1) is 71.6. The van der Waals surface area contributed by atoms with Gasteiger partial charge in [-0.25, -0.2) is 22.0 Å². The lowest BCUT2D eigenvalue weighted by Gasteiger charge is -2.41. The summed E-state index contributed by atoms with van der Waals surface area (Å²) in [4.78, 5) is 57.8. The fraction of sp³-hybridized carbons (Fsp3) is 0.237. The zero-order valence-corrected chi connectivity index (χ0v) is 60.4. The summed E-state index contributed by atoms with van der Waals surface area (Å²) in [6.07, 6.45) is 12.3. The number of aryl methyl sites for hydroxylation is 1. The molecule has 2 aliphatic rings. The van der Waals surface area contributed by atoms with Crippen LogP contribution in [0.4, 0.5) is 22.0 Å². The van der Waals surface area contributed by atoms with Crippen LogP contribution in [0.2, 0.25) is 15.1 Å². The molecule has 12 aromatic rings. The van der Waals surface area contributed by atoms with Gasteiger partial charge in [-0.3, -0.25) is 24.4 Å². The van der Waals surface area contributed by atoms with Crippen LogP contribution in [0.15, 0.2) is 183 Å². The molecule has 3 amide bonds. The van der Waals surface area contributed by atoms with Gasteiger partial charge in [0, 0.05) is 91.6 Å². The summed E-state index contributed by atoms with van der Waals surface area (Å²) in [5.41, 5.74) is 8.30. The van der Waals surface area contributed by atoms with Crippen LogP contribution in [0.3, 0.4) is 0 Å². The Morgan fingerprint density at radius 3 is 1.21 bits per heavy atom. The van der Waals surface area contributed by atoms with E-state index < -0.39 is 35.0 Å². The van der Waals surface area contributed by atoms with E-state index in [2.05, 4.69) is 27.4 Å². The monoisotopic (exact) mass is 1490 g/mol. The highest BCUT2D eigenvalue weighted by Crippen LogP contribution is 2.45. The second kappa shape index (κ2) is 31.8. The van der Waals surface area contributed by atoms with Crippen LogP contribution < -0.4 is 14.8 Å². The first-order valence-electron chi connectivity index (χ1n) is 33.3. The first-order chi connectivity index (χ1) is 49.5. The predicted molar refractivity (Wildman–Crippen MR) is 399 cm³/mol. The largest absolute Gasteiger partial charge is 0.496 e. The van der Waals surface area contributed by atoms with Gasteiger partial charge in [0.25, 0.3) is 17.7 Å². The fourth-order valence-corrected chi connectivity index (χ4v) is 18.6. The number of hydrogen-bond acceptors (Lipinski definition) is 11. The molecule has 0 saturated heterocycles. The van der Waals surface area contributed by atoms with Gasteiger partial charge >= 0.3 is 0 Å². The topological polar surface area (TPSA) is 117 Å². The van der Waals surface area contributed by atoms with Crippen molar-refractivity contribution >= 4 is 117 Å². The van der Waals surface area contributed by atoms with Gasteiger partial charge in [-0.1, -0.05) is 114 Å². The number of rotatable bonds is 19. The van der Waals surface area contributed by atoms with Crippen molar-refractivity contribution in [3.8, 4) is 33.8 Å². The number of carbonyl (C=O) groups is 3. The summed E-state index contributed by atoms with van der Waals surface area (Å²) in [7, 11) is 3.19. The molecule has 2 saturated carbocycles. The second-order valence-corrected chi connectivity index (χ2v) is 29.6. The maximum Gasteiger partial charge on any atom is 0.266 e. The Balaban J connectivity index is 0.000000189. The molecule has 7 aromatic carbocycles. The Morgan fingerprint density at radius 2 is 0.804 bits per heavy atom. The first-order valence-corrected chi connectivity index (χ1v) is 36.9. The lowest BCUT2D eigenvalue weighted by Crippen LogP contribution is -2.47. The summed E-state index contributed by atoms with van der Waals surface area (Å²) in [5.74, 6) is -2.89. The maximum atomic E-state index is 15.1. The number of fused-ring (bicyclic) bond motifs is 3. The molecule has 2 aliphatic carbocycles. The predicted octanol–water partition coefficient (Wildman–Crippen LogP) is 21.2. The third-order valence-electron chi connectivity index (χ3n) is 19.3. The molecule has 11 nitrogen and oxygen atoms in total. The van der Waals surface area contributed by atoms with Gasteiger partial charge in [-0.05, 0) is 176 Å². The zero-order valence-electron chi connectivity index (χ0n) is 55.6. The average Bonchev–Trinajstić information content (AvgIpc) is 1.61. The van der Waals surface area contributed by atoms with Crippen LogP contribution in [0.1, 0.15) is 108 Å². The summed E-state index contributed by atoms with van der Waals surface area (Å²) >= 11 is 23.0. The van der Waals surface area contributed by atoms with E-state index in [0.717, 1.165) is 135 Å². The normalized spacial score (nSPS) is 16.0. The lowest BCUT2D eigenvalue weighted by atomic mass is 9.88. The number of ether oxygens (including phenoxy) is 2. The van der Waals surface area contributed by atoms with E-state index in [0.29, 0.717) is 53.3 Å². The van der Waals surface area contributed by atoms with Gasteiger partial charge in [-0.15, -0.1) is 34.0 Å². The number of halogens is 8. The number of aromatic nitrogens is 2. The molecule has 0 spiro atoms. The van der Waals surface area contributed by atoms with Gasteiger partial charge in [0.05, 0.1) is 54.2 Å². The number of amides is 3. The summed E-state index contributed by atoms with van der Waals surface area (Å²) < 4.78 is 86.3. The minimum Gasteiger partial charge on any atom is -0.496 e. The van der Waals surface area contributed by atoms with Crippen LogP contribution in [0, 0.1) is 36.0 Å². The van der Waals surface area contributed by atoms with Crippen molar-refractivity contribution in [3.63, 3.8) is 0 Å². The third kappa shape index (κ3) is 15.2. The van der Waals surface area contributed by atoms with Crippen LogP contribution in [0.5, 0.6) is 11.5 Å². The average molecular weight is 1490 g/mol. The smallest absolute Gasteiger partial charge is 0.266 e. The van der Waals surface area contributed by atoms with Crippen molar-refractivity contribution in [1.82, 2.24) is 30.0 Å². The van der Waals surface area contributed by atoms with Crippen LogP contribution in [0.25, 0.3) is 52.5 Å². The van der Waals surface area contributed by atoms with Crippen molar-refractivity contribution in [2.75, 3.05) is 14.2 Å². The molecule has 22 heteroatoms. The Bertz CT molecular complexity index is 5040. The van der Waals surface area contributed by atoms with E-state index in [9.17, 15) is 31.9 Å². The minimum atomic E-state index is -0.698. The number of nitrogens with zero attached hydrogens (tertiary/aromatic N) is 5. The SMILES string of the molecule is COc1ccc(-c2ccncc2)cc1CN(C(=O)c1sc2c(F)ccc(C)c2c1Cl)C1CCC(N(Cc2ccccc2)C(=O)c2sc3c(F)ccc(F)c3c2Cl)CC1.COc1ccc(-c2ccncc2)cc1CN(C(=O)c1sc2c(F)ccc(F)c2c1Cl)C1CCC(NCc2ccccc2)CC1. The molecule has 1 N–H and O–H groups in total. The van der Waals surface area contributed by atoms with Crippen LogP contribution in [-0.4, -0.2) is 80.8 Å². The second-order valence-electron chi connectivity index (χ2n) is 25.4. The van der Waals surface area contributed by atoms with Crippen molar-refractivity contribution in [2.24, 2.45) is 0 Å². The van der Waals surface area contributed by atoms with Crippen molar-refractivity contribution in [3.05, 3.63) is 269 Å². The number of carbonyl (C=O) groups excluding carboxylic acids is 3. The number of benzene rings is 7. The van der Waals surface area contributed by atoms with E-state index in [1.165, 1.54) is 11.6 Å². The molecule has 0 unspecified atom stereocenters. The Kier molecular flexibility index (Phi) is 22.4. The third-order valence-corrected chi connectivity index (χ3v) is 24.3. The quantitative estimate of drug-likeness (QED) is 0.0796. The molecule has 522 valence electrons. The molecular weight excluding hydrogens is 1420 g/mol. The van der Waals surface area contributed by atoms with Gasteiger partial charge in [0.15, 0.2) is 0 Å². The van der Waals surface area contributed by atoms with Gasteiger partial charge in [-0.2, -0.15) is 0 Å². The standard InChI is InChI=1S/C45H36Cl2F3N3O3S2.C35H32ClF2N3O2S/c1-25-8-14-33(49)40-36(25)38(46)42(57-40)45(55)53(24-29-22-28(9-17-35(29)56-2)27-18-20-51-21-19-27)31-12-10-30(11-13-31)52(23-26-6-4-3-5-7-26)44(54)43-39(47)37-32(48)15-16-34(50)41(37)58-43;1-43-30-14-7-24(23-15-17-39-18-16-23)19-25(30)21-41(27-10-8-26(9-11-27)40-20-22-5-3-2-4-6-22)35(42)34-32(36)31-28(37)12-13-29(38)33(31)44-34/h3-9,14-22,30-31H,10-13,23-24H2,1-2H3;2-7,12-19,26-27,40H,8-11,20-21H2,1H3. The van der Waals surface area contributed by atoms with Crippen molar-refractivity contribution < 1.29 is 45.8 Å². The maximum absolute atomic E-state index is 15.1. The fourth-order valence-electron chi connectivity index (χ4n) is 13.9. The number of hydrogen-bond donors (Lipinski definition) is 1. The highest BCUT2D eigenvalue weighted by atomic mass is 35.5.